The van der Waals surface area contributed by atoms with Crippen LogP contribution in [0.2, 0.25) is 0 Å². The summed E-state index contributed by atoms with van der Waals surface area (Å²) in [4.78, 5) is 4.27. The van der Waals surface area contributed by atoms with Crippen LogP contribution in [0, 0.1) is 0 Å². The van der Waals surface area contributed by atoms with Gasteiger partial charge in [0.1, 0.15) is 0 Å². The van der Waals surface area contributed by atoms with E-state index in [1.54, 1.807) is 0 Å². The minimum Gasteiger partial charge on any atom is -0.365 e. The van der Waals surface area contributed by atoms with Crippen molar-refractivity contribution >= 4 is 7.41 Å². The van der Waals surface area contributed by atoms with Crippen molar-refractivity contribution in [2.45, 2.75) is 6.07 Å². The average molecular weight is 138 g/mol. The summed E-state index contributed by atoms with van der Waals surface area (Å²) < 4.78 is 0. The molecular weight excluding hydrogens is 125 g/mol. The van der Waals surface area contributed by atoms with E-state index >= 15 is 0 Å². The fourth-order valence-electron chi connectivity index (χ4n) is 1.06. The Bertz CT molecular complexity index is 125. The summed E-state index contributed by atoms with van der Waals surface area (Å²) in [5, 5.41) is 3.02. The molecule has 0 saturated carbocycles. The van der Waals surface area contributed by atoms with Gasteiger partial charge in [0.15, 0.2) is 0 Å². The smallest absolute Gasteiger partial charge is 0.260 e. The summed E-state index contributed by atoms with van der Waals surface area (Å²) >= 11 is 0. The minimum absolute atomic E-state index is 0.366. The van der Waals surface area contributed by atoms with Crippen LogP contribution in [0.15, 0.2) is 12.4 Å². The van der Waals surface area contributed by atoms with Gasteiger partial charge in [-0.1, -0.05) is 0 Å². The van der Waals surface area contributed by atoms with Crippen molar-refractivity contribution in [1.82, 2.24) is 15.0 Å². The van der Waals surface area contributed by atoms with Gasteiger partial charge >= 0.3 is 0 Å². The molecule has 55 valence electrons. The standard InChI is InChI=1S/C6H13BN3/c1-8-7-6-9(2)4-5-10(6)3/h4-6,8H,1-3H3. The van der Waals surface area contributed by atoms with Gasteiger partial charge in [-0.15, -0.1) is 0 Å². The van der Waals surface area contributed by atoms with Crippen molar-refractivity contribution in [2.24, 2.45) is 0 Å². The molecular formula is C6H13BN3. The first kappa shape index (κ1) is 7.47. The molecule has 0 unspecified atom stereocenters. The van der Waals surface area contributed by atoms with Crippen LogP contribution in [-0.2, 0) is 0 Å². The van der Waals surface area contributed by atoms with Crippen LogP contribution in [0.3, 0.4) is 0 Å². The molecule has 3 nitrogen and oxygen atoms in total. The molecule has 1 radical (unpaired) electrons. The number of hydrogen-bond donors (Lipinski definition) is 1. The summed E-state index contributed by atoms with van der Waals surface area (Å²) in [5.74, 6) is 0. The van der Waals surface area contributed by atoms with Crippen molar-refractivity contribution in [3.05, 3.63) is 12.4 Å². The Hall–Kier alpha value is -0.635. The highest BCUT2D eigenvalue weighted by Gasteiger charge is 2.19. The lowest BCUT2D eigenvalue weighted by Crippen LogP contribution is -2.44. The van der Waals surface area contributed by atoms with Gasteiger partial charge in [0, 0.05) is 26.5 Å². The van der Waals surface area contributed by atoms with Crippen LogP contribution >= 0.6 is 0 Å². The molecule has 10 heavy (non-hydrogen) atoms. The molecule has 0 aromatic carbocycles. The summed E-state index contributed by atoms with van der Waals surface area (Å²) in [6.07, 6.45) is 4.11. The number of nitrogens with one attached hydrogen (secondary N) is 1. The Labute approximate surface area is 62.9 Å². The van der Waals surface area contributed by atoms with E-state index < -0.39 is 0 Å². The highest BCUT2D eigenvalue weighted by molar-refractivity contribution is 6.34. The molecule has 1 aliphatic rings. The zero-order valence-corrected chi connectivity index (χ0v) is 6.70. The largest absolute Gasteiger partial charge is 0.365 e. The lowest BCUT2D eigenvalue weighted by Gasteiger charge is -2.26. The van der Waals surface area contributed by atoms with Gasteiger partial charge in [0.2, 0.25) is 0 Å². The molecule has 0 atom stereocenters. The Morgan fingerprint density at radius 1 is 1.30 bits per heavy atom. The van der Waals surface area contributed by atoms with Gasteiger partial charge in [0.05, 0.1) is 6.07 Å². The Morgan fingerprint density at radius 3 is 2.20 bits per heavy atom. The predicted octanol–water partition coefficient (Wildman–Crippen LogP) is -0.543. The first-order valence-corrected chi connectivity index (χ1v) is 3.38. The van der Waals surface area contributed by atoms with E-state index in [-0.39, 0.29) is 0 Å². The first-order chi connectivity index (χ1) is 4.75. The van der Waals surface area contributed by atoms with E-state index in [0.29, 0.717) is 6.07 Å². The highest BCUT2D eigenvalue weighted by Crippen LogP contribution is 2.08. The number of hydrogen-bond acceptors (Lipinski definition) is 3. The predicted molar refractivity (Wildman–Crippen MR) is 43.3 cm³/mol. The monoisotopic (exact) mass is 138 g/mol. The van der Waals surface area contributed by atoms with Crippen LogP contribution in [-0.4, -0.2) is 44.4 Å². The van der Waals surface area contributed by atoms with Gasteiger partial charge in [-0.05, 0) is 7.05 Å². The summed E-state index contributed by atoms with van der Waals surface area (Å²) in [6.45, 7) is 0. The average Bonchev–Trinajstić information content (AvgIpc) is 2.20. The van der Waals surface area contributed by atoms with Crippen LogP contribution in [0.25, 0.3) is 0 Å². The molecule has 0 spiro atoms. The topological polar surface area (TPSA) is 18.5 Å². The molecule has 0 amide bonds. The molecule has 0 aromatic heterocycles. The second-order valence-electron chi connectivity index (χ2n) is 2.50. The second kappa shape index (κ2) is 2.97. The molecule has 1 heterocycles. The van der Waals surface area contributed by atoms with Crippen LogP contribution in [0.5, 0.6) is 0 Å². The molecule has 1 aliphatic heterocycles. The van der Waals surface area contributed by atoms with E-state index in [0.717, 1.165) is 0 Å². The third-order valence-corrected chi connectivity index (χ3v) is 1.69. The zero-order chi connectivity index (χ0) is 7.56. The molecule has 4 heteroatoms. The van der Waals surface area contributed by atoms with E-state index in [1.807, 2.05) is 14.5 Å². The fourth-order valence-corrected chi connectivity index (χ4v) is 1.06. The molecule has 0 aliphatic carbocycles. The summed E-state index contributed by atoms with van der Waals surface area (Å²) in [5.41, 5.74) is 0. The molecule has 0 aromatic rings. The van der Waals surface area contributed by atoms with Crippen molar-refractivity contribution in [2.75, 3.05) is 21.1 Å². The Morgan fingerprint density at radius 2 is 1.80 bits per heavy atom. The van der Waals surface area contributed by atoms with E-state index in [4.69, 9.17) is 0 Å². The van der Waals surface area contributed by atoms with Crippen LogP contribution in [0.1, 0.15) is 0 Å². The third-order valence-electron chi connectivity index (χ3n) is 1.69. The maximum atomic E-state index is 3.02. The number of nitrogens with zero attached hydrogens (tertiary/aromatic N) is 2. The highest BCUT2D eigenvalue weighted by atomic mass is 15.3. The molecule has 0 saturated heterocycles. The van der Waals surface area contributed by atoms with Crippen molar-refractivity contribution < 1.29 is 0 Å². The van der Waals surface area contributed by atoms with Crippen LogP contribution < -0.4 is 5.23 Å². The van der Waals surface area contributed by atoms with Gasteiger partial charge in [0.25, 0.3) is 7.41 Å². The normalized spacial score (nSPS) is 18.7. The minimum atomic E-state index is 0.366. The lowest BCUT2D eigenvalue weighted by atomic mass is 9.88. The maximum Gasteiger partial charge on any atom is 0.260 e. The Kier molecular flexibility index (Phi) is 2.22. The van der Waals surface area contributed by atoms with Gasteiger partial charge in [-0.25, -0.2) is 0 Å². The molecule has 0 bridgehead atoms. The quantitative estimate of drug-likeness (QED) is 0.517. The first-order valence-electron chi connectivity index (χ1n) is 3.38. The lowest BCUT2D eigenvalue weighted by molar-refractivity contribution is 0.286. The van der Waals surface area contributed by atoms with Gasteiger partial charge in [-0.2, -0.15) is 0 Å². The molecule has 1 N–H and O–H groups in total. The fraction of sp³-hybridized carbons (Fsp3) is 0.667. The van der Waals surface area contributed by atoms with Gasteiger partial charge < -0.3 is 15.0 Å². The van der Waals surface area contributed by atoms with E-state index in [9.17, 15) is 0 Å². The third kappa shape index (κ3) is 1.26. The molecule has 0 fully saturated rings. The van der Waals surface area contributed by atoms with Crippen LogP contribution in [0.4, 0.5) is 0 Å². The second-order valence-corrected chi connectivity index (χ2v) is 2.50. The van der Waals surface area contributed by atoms with E-state index in [1.165, 1.54) is 0 Å². The Balaban J connectivity index is 2.43. The summed E-state index contributed by atoms with van der Waals surface area (Å²) in [7, 11) is 8.07. The summed E-state index contributed by atoms with van der Waals surface area (Å²) in [6, 6.07) is 0.366. The van der Waals surface area contributed by atoms with Crippen molar-refractivity contribution in [1.29, 1.82) is 0 Å². The maximum absolute atomic E-state index is 3.02. The number of rotatable bonds is 2. The van der Waals surface area contributed by atoms with Crippen molar-refractivity contribution in [3.8, 4) is 0 Å². The van der Waals surface area contributed by atoms with Gasteiger partial charge in [-0.3, -0.25) is 0 Å². The molecule has 1 rings (SSSR count). The van der Waals surface area contributed by atoms with E-state index in [2.05, 4.69) is 41.5 Å². The van der Waals surface area contributed by atoms with Crippen molar-refractivity contribution in [3.63, 3.8) is 0 Å². The SMILES string of the molecule is CN[B]C1N(C)C=CN1C. The zero-order valence-electron chi connectivity index (χ0n) is 6.70.